The average molecular weight is 479 g/mol. The fourth-order valence-electron chi connectivity index (χ4n) is 4.90. The second kappa shape index (κ2) is 8.61. The van der Waals surface area contributed by atoms with Gasteiger partial charge in [-0.3, -0.25) is 9.59 Å². The molecule has 0 saturated carbocycles. The van der Waals surface area contributed by atoms with Crippen LogP contribution < -0.4 is 15.4 Å². The highest BCUT2D eigenvalue weighted by atomic mass is 16.6. The van der Waals surface area contributed by atoms with Crippen LogP contribution in [0.2, 0.25) is 0 Å². The zero-order valence-electron chi connectivity index (χ0n) is 19.5. The maximum atomic E-state index is 13.5. The Hall–Kier alpha value is -4.08. The summed E-state index contributed by atoms with van der Waals surface area (Å²) in [6.45, 7) is 2.10. The number of hydrogen-bond acceptors (Lipinski definition) is 6. The predicted molar refractivity (Wildman–Crippen MR) is 125 cm³/mol. The van der Waals surface area contributed by atoms with E-state index in [9.17, 15) is 19.2 Å². The van der Waals surface area contributed by atoms with Crippen LogP contribution in [0.3, 0.4) is 0 Å². The summed E-state index contributed by atoms with van der Waals surface area (Å²) >= 11 is 0. The summed E-state index contributed by atoms with van der Waals surface area (Å²) < 4.78 is 11.5. The molecule has 1 saturated heterocycles. The molecule has 35 heavy (non-hydrogen) atoms. The number of ether oxygens (including phenoxy) is 2. The van der Waals surface area contributed by atoms with Gasteiger partial charge in [-0.2, -0.15) is 0 Å². The van der Waals surface area contributed by atoms with Crippen LogP contribution in [0, 0.1) is 0 Å². The van der Waals surface area contributed by atoms with E-state index in [1.165, 1.54) is 7.05 Å². The fraction of sp³-hybridized carbons (Fsp3) is 0.360. The summed E-state index contributed by atoms with van der Waals surface area (Å²) in [5.41, 5.74) is 1.38. The van der Waals surface area contributed by atoms with Gasteiger partial charge in [0.2, 0.25) is 11.5 Å². The Morgan fingerprint density at radius 3 is 2.74 bits per heavy atom. The van der Waals surface area contributed by atoms with Gasteiger partial charge in [-0.15, -0.1) is 0 Å². The first-order valence-electron chi connectivity index (χ1n) is 11.5. The molecule has 2 aliphatic heterocycles. The van der Waals surface area contributed by atoms with Gasteiger partial charge in [0, 0.05) is 36.8 Å². The Bertz CT molecular complexity index is 1230. The van der Waals surface area contributed by atoms with Gasteiger partial charge < -0.3 is 25.0 Å². The number of para-hydroxylation sites is 1. The van der Waals surface area contributed by atoms with Gasteiger partial charge >= 0.3 is 12.1 Å². The average Bonchev–Trinajstić information content (AvgIpc) is 3.25. The van der Waals surface area contributed by atoms with Crippen LogP contribution in [-0.4, -0.2) is 60.0 Å². The van der Waals surface area contributed by atoms with E-state index in [2.05, 4.69) is 10.6 Å². The highest BCUT2D eigenvalue weighted by Crippen LogP contribution is 2.46. The second-order valence-corrected chi connectivity index (χ2v) is 8.95. The molecule has 2 aromatic rings. The van der Waals surface area contributed by atoms with Crippen LogP contribution in [-0.2, 0) is 32.9 Å². The molecule has 5 rings (SSSR count). The van der Waals surface area contributed by atoms with Crippen molar-refractivity contribution in [3.8, 4) is 5.75 Å². The number of urea groups is 1. The molecule has 5 amide bonds. The van der Waals surface area contributed by atoms with Gasteiger partial charge in [0.1, 0.15) is 18.9 Å². The van der Waals surface area contributed by atoms with Crippen molar-refractivity contribution in [1.29, 1.82) is 0 Å². The monoisotopic (exact) mass is 478 g/mol. The van der Waals surface area contributed by atoms with Crippen molar-refractivity contribution in [3.05, 3.63) is 59.2 Å². The van der Waals surface area contributed by atoms with E-state index in [0.29, 0.717) is 30.8 Å². The molecule has 1 aliphatic carbocycles. The van der Waals surface area contributed by atoms with Crippen LogP contribution in [0.1, 0.15) is 30.0 Å². The van der Waals surface area contributed by atoms with Crippen molar-refractivity contribution < 1.29 is 28.7 Å². The standard InChI is InChI=1S/C25H26N4O6/c1-15-14-34-20-6-4-3-5-17(20)12-28(15)21(30)13-29-22(31)25(35-24(29)33)10-9-16-11-18(7-8-19(16)25)27-23(32)26-2/h3-8,11,15H,9-10,12-14H2,1-2H3,(H2,26,27,32)/t15-,25?/m1/s1. The lowest BCUT2D eigenvalue weighted by Gasteiger charge is -2.27. The topological polar surface area (TPSA) is 117 Å². The van der Waals surface area contributed by atoms with Gasteiger partial charge in [0.25, 0.3) is 5.91 Å². The molecule has 10 nitrogen and oxygen atoms in total. The summed E-state index contributed by atoms with van der Waals surface area (Å²) in [6, 6.07) is 12.0. The van der Waals surface area contributed by atoms with E-state index in [-0.39, 0.29) is 24.4 Å². The molecule has 1 spiro atoms. The maximum Gasteiger partial charge on any atom is 0.418 e. The normalized spacial score (nSPS) is 22.7. The van der Waals surface area contributed by atoms with Crippen molar-refractivity contribution in [2.24, 2.45) is 0 Å². The molecule has 3 aliphatic rings. The summed E-state index contributed by atoms with van der Waals surface area (Å²) in [5.74, 6) is -0.178. The van der Waals surface area contributed by atoms with E-state index < -0.39 is 24.1 Å². The third-order valence-corrected chi connectivity index (χ3v) is 6.78. The van der Waals surface area contributed by atoms with Crippen molar-refractivity contribution >= 4 is 29.6 Å². The molecular formula is C25H26N4O6. The Balaban J connectivity index is 1.35. The SMILES string of the molecule is CNC(=O)Nc1ccc2c(c1)CCC21OC(=O)N(CC(=O)N2Cc3ccccc3OC[C@H]2C)C1=O. The van der Waals surface area contributed by atoms with Crippen LogP contribution in [0.25, 0.3) is 0 Å². The van der Waals surface area contributed by atoms with Gasteiger partial charge in [-0.1, -0.05) is 24.3 Å². The number of fused-ring (bicyclic) bond motifs is 3. The first-order chi connectivity index (χ1) is 16.8. The van der Waals surface area contributed by atoms with Crippen LogP contribution in [0.5, 0.6) is 5.75 Å². The smallest absolute Gasteiger partial charge is 0.418 e. The summed E-state index contributed by atoms with van der Waals surface area (Å²) in [7, 11) is 1.52. The fourth-order valence-corrected chi connectivity index (χ4v) is 4.90. The van der Waals surface area contributed by atoms with Crippen molar-refractivity contribution in [3.63, 3.8) is 0 Å². The lowest BCUT2D eigenvalue weighted by atomic mass is 9.94. The third-order valence-electron chi connectivity index (χ3n) is 6.78. The zero-order valence-corrected chi connectivity index (χ0v) is 19.5. The Labute approximate surface area is 202 Å². The molecule has 2 heterocycles. The van der Waals surface area contributed by atoms with Gasteiger partial charge in [0.15, 0.2) is 0 Å². The van der Waals surface area contributed by atoms with Crippen LogP contribution in [0.4, 0.5) is 15.3 Å². The van der Waals surface area contributed by atoms with Crippen molar-refractivity contribution in [2.45, 2.75) is 38.0 Å². The van der Waals surface area contributed by atoms with E-state index in [1.807, 2.05) is 31.2 Å². The predicted octanol–water partition coefficient (Wildman–Crippen LogP) is 2.37. The lowest BCUT2D eigenvalue weighted by Crippen LogP contribution is -2.47. The number of rotatable bonds is 3. The molecule has 10 heteroatoms. The van der Waals surface area contributed by atoms with Gasteiger partial charge in [0.05, 0.1) is 6.04 Å². The minimum atomic E-state index is -1.45. The number of benzene rings is 2. The van der Waals surface area contributed by atoms with Gasteiger partial charge in [-0.25, -0.2) is 14.5 Å². The molecule has 1 unspecified atom stereocenters. The van der Waals surface area contributed by atoms with Crippen LogP contribution in [0.15, 0.2) is 42.5 Å². The Kier molecular flexibility index (Phi) is 5.58. The molecule has 2 N–H and O–H groups in total. The largest absolute Gasteiger partial charge is 0.491 e. The minimum Gasteiger partial charge on any atom is -0.491 e. The zero-order chi connectivity index (χ0) is 24.7. The molecule has 1 fully saturated rings. The summed E-state index contributed by atoms with van der Waals surface area (Å²) in [5, 5.41) is 5.18. The number of carbonyl (C=O) groups excluding carboxylic acids is 4. The van der Waals surface area contributed by atoms with E-state index >= 15 is 0 Å². The molecule has 0 aromatic heterocycles. The molecular weight excluding hydrogens is 452 g/mol. The first kappa shape index (κ1) is 22.7. The van der Waals surface area contributed by atoms with Crippen molar-refractivity contribution in [1.82, 2.24) is 15.1 Å². The number of nitrogens with one attached hydrogen (secondary N) is 2. The number of imide groups is 1. The number of anilines is 1. The van der Waals surface area contributed by atoms with Crippen LogP contribution >= 0.6 is 0 Å². The number of amides is 5. The highest BCUT2D eigenvalue weighted by molar-refractivity contribution is 6.06. The first-order valence-corrected chi connectivity index (χ1v) is 11.5. The number of hydrogen-bond donors (Lipinski definition) is 2. The Morgan fingerprint density at radius 2 is 1.94 bits per heavy atom. The van der Waals surface area contributed by atoms with Crippen molar-refractivity contribution in [2.75, 3.05) is 25.5 Å². The number of aryl methyl sites for hydroxylation is 1. The van der Waals surface area contributed by atoms with E-state index in [0.717, 1.165) is 21.8 Å². The molecule has 182 valence electrons. The molecule has 0 radical (unpaired) electrons. The van der Waals surface area contributed by atoms with Gasteiger partial charge in [-0.05, 0) is 37.1 Å². The third kappa shape index (κ3) is 3.84. The van der Waals surface area contributed by atoms with E-state index in [1.54, 1.807) is 23.1 Å². The number of nitrogens with zero attached hydrogens (tertiary/aromatic N) is 2. The molecule has 2 aromatic carbocycles. The molecule has 2 atom stereocenters. The summed E-state index contributed by atoms with van der Waals surface area (Å²) in [6.07, 6.45) is -0.0538. The van der Waals surface area contributed by atoms with E-state index in [4.69, 9.17) is 9.47 Å². The lowest BCUT2D eigenvalue weighted by molar-refractivity contribution is -0.143. The minimum absolute atomic E-state index is 0.240. The number of carbonyl (C=O) groups is 4. The highest BCUT2D eigenvalue weighted by Gasteiger charge is 2.58. The maximum absolute atomic E-state index is 13.5. The quantitative estimate of drug-likeness (QED) is 0.700. The second-order valence-electron chi connectivity index (χ2n) is 8.95. The summed E-state index contributed by atoms with van der Waals surface area (Å²) in [4.78, 5) is 53.7. The molecule has 0 bridgehead atoms. The Morgan fingerprint density at radius 1 is 1.14 bits per heavy atom.